The van der Waals surface area contributed by atoms with Gasteiger partial charge in [0.25, 0.3) is 0 Å². The van der Waals surface area contributed by atoms with Gasteiger partial charge in [0.15, 0.2) is 5.96 Å². The molecule has 0 bridgehead atoms. The molecule has 31 heavy (non-hydrogen) atoms. The number of piperidine rings is 1. The van der Waals surface area contributed by atoms with E-state index < -0.39 is 0 Å². The molecule has 1 saturated heterocycles. The lowest BCUT2D eigenvalue weighted by Crippen LogP contribution is -2.49. The molecule has 6 nitrogen and oxygen atoms in total. The summed E-state index contributed by atoms with van der Waals surface area (Å²) in [5.74, 6) is 1.69. The summed E-state index contributed by atoms with van der Waals surface area (Å²) in [7, 11) is 3.55. The zero-order valence-electron chi connectivity index (χ0n) is 19.3. The Kier molecular flexibility index (Phi) is 11.6. The van der Waals surface area contributed by atoms with Gasteiger partial charge in [0, 0.05) is 37.6 Å². The molecular weight excluding hydrogens is 521 g/mol. The number of rotatable bonds is 7. The minimum atomic E-state index is 0. The van der Waals surface area contributed by atoms with Gasteiger partial charge in [0.05, 0.1) is 0 Å². The molecule has 0 spiro atoms. The summed E-state index contributed by atoms with van der Waals surface area (Å²) < 4.78 is 0. The van der Waals surface area contributed by atoms with Crippen molar-refractivity contribution in [3.8, 4) is 0 Å². The normalized spacial score (nSPS) is 23.1. The number of thiophene rings is 1. The molecule has 1 amide bonds. The molecule has 2 fully saturated rings. The maximum atomic E-state index is 12.0. The first-order valence-electron chi connectivity index (χ1n) is 11.5. The van der Waals surface area contributed by atoms with Gasteiger partial charge in [-0.25, -0.2) is 4.99 Å². The number of carbonyl (C=O) groups is 1. The molecular formula is C23H40IN5OS. The van der Waals surface area contributed by atoms with Crippen LogP contribution in [0.4, 0.5) is 0 Å². The van der Waals surface area contributed by atoms with Crippen LogP contribution in [-0.2, 0) is 11.2 Å². The Morgan fingerprint density at radius 1 is 1.19 bits per heavy atom. The molecule has 0 unspecified atom stereocenters. The highest BCUT2D eigenvalue weighted by Gasteiger charge is 2.28. The van der Waals surface area contributed by atoms with Crippen LogP contribution < -0.4 is 10.6 Å². The Labute approximate surface area is 209 Å². The summed E-state index contributed by atoms with van der Waals surface area (Å²) in [6.45, 7) is 5.93. The summed E-state index contributed by atoms with van der Waals surface area (Å²) in [4.78, 5) is 22.3. The Balaban J connectivity index is 0.00000341. The number of amides is 1. The average Bonchev–Trinajstić information content (AvgIpc) is 3.26. The average molecular weight is 562 g/mol. The van der Waals surface area contributed by atoms with Crippen LogP contribution in [0.3, 0.4) is 0 Å². The first kappa shape index (κ1) is 26.4. The summed E-state index contributed by atoms with van der Waals surface area (Å²) in [6, 6.07) is 5.43. The summed E-state index contributed by atoms with van der Waals surface area (Å²) >= 11 is 1.78. The Morgan fingerprint density at radius 2 is 1.90 bits per heavy atom. The molecule has 1 aliphatic heterocycles. The van der Waals surface area contributed by atoms with Crippen LogP contribution in [0.25, 0.3) is 0 Å². The smallest absolute Gasteiger partial charge is 0.243 e. The SMILES string of the molecule is CC1CCN(C2CCC(NC(=NCC(=O)N(C)C)NCCc3cccs3)CC2)CC1.I. The number of halogens is 1. The molecule has 1 aliphatic carbocycles. The van der Waals surface area contributed by atoms with Gasteiger partial charge in [-0.1, -0.05) is 13.0 Å². The first-order valence-corrected chi connectivity index (χ1v) is 12.4. The Hall–Kier alpha value is -0.870. The van der Waals surface area contributed by atoms with Gasteiger partial charge in [-0.3, -0.25) is 4.79 Å². The highest BCUT2D eigenvalue weighted by Crippen LogP contribution is 2.27. The van der Waals surface area contributed by atoms with E-state index in [9.17, 15) is 4.79 Å². The topological polar surface area (TPSA) is 60.0 Å². The fraction of sp³-hybridized carbons (Fsp3) is 0.739. The number of hydrogen-bond acceptors (Lipinski definition) is 4. The van der Waals surface area contributed by atoms with E-state index in [2.05, 4.69) is 45.0 Å². The summed E-state index contributed by atoms with van der Waals surface area (Å²) in [5, 5.41) is 9.17. The zero-order valence-corrected chi connectivity index (χ0v) is 22.5. The van der Waals surface area contributed by atoms with Crippen molar-refractivity contribution in [2.24, 2.45) is 10.9 Å². The van der Waals surface area contributed by atoms with E-state index in [0.717, 1.165) is 30.9 Å². The zero-order chi connectivity index (χ0) is 21.3. The quantitative estimate of drug-likeness (QED) is 0.304. The standard InChI is InChI=1S/C23H39N5OS.HI/c1-18-11-14-28(15-12-18)20-8-6-19(7-9-20)26-23(25-17-22(29)27(2)3)24-13-10-21-5-4-16-30-21;/h4-5,16,18-20H,6-15,17H2,1-3H3,(H2,24,25,26);1H. The Morgan fingerprint density at radius 3 is 2.52 bits per heavy atom. The fourth-order valence-electron chi connectivity index (χ4n) is 4.37. The molecule has 3 rings (SSSR count). The van der Waals surface area contributed by atoms with E-state index in [4.69, 9.17) is 0 Å². The van der Waals surface area contributed by atoms with E-state index in [1.54, 1.807) is 30.3 Å². The van der Waals surface area contributed by atoms with Gasteiger partial charge in [0.2, 0.25) is 5.91 Å². The summed E-state index contributed by atoms with van der Waals surface area (Å²) in [5.41, 5.74) is 0. The first-order chi connectivity index (χ1) is 14.5. The van der Waals surface area contributed by atoms with Crippen molar-refractivity contribution in [2.45, 2.75) is 64.0 Å². The molecule has 2 aliphatic rings. The number of likely N-dealkylation sites (tertiary alicyclic amines) is 1. The fourth-order valence-corrected chi connectivity index (χ4v) is 5.08. The third-order valence-electron chi connectivity index (χ3n) is 6.49. The molecule has 176 valence electrons. The lowest BCUT2D eigenvalue weighted by molar-refractivity contribution is -0.127. The largest absolute Gasteiger partial charge is 0.356 e. The van der Waals surface area contributed by atoms with Crippen LogP contribution >= 0.6 is 35.3 Å². The van der Waals surface area contributed by atoms with Gasteiger partial charge in [-0.15, -0.1) is 35.3 Å². The van der Waals surface area contributed by atoms with Gasteiger partial charge in [-0.2, -0.15) is 0 Å². The van der Waals surface area contributed by atoms with Crippen LogP contribution in [0.15, 0.2) is 22.5 Å². The third-order valence-corrected chi connectivity index (χ3v) is 7.42. The van der Waals surface area contributed by atoms with Gasteiger partial charge < -0.3 is 20.4 Å². The van der Waals surface area contributed by atoms with Crippen LogP contribution in [0.5, 0.6) is 0 Å². The molecule has 0 aromatic carbocycles. The van der Waals surface area contributed by atoms with Crippen LogP contribution in [0, 0.1) is 5.92 Å². The van der Waals surface area contributed by atoms with Crippen molar-refractivity contribution in [1.82, 2.24) is 20.4 Å². The minimum Gasteiger partial charge on any atom is -0.356 e. The summed E-state index contributed by atoms with van der Waals surface area (Å²) in [6.07, 6.45) is 8.52. The molecule has 2 heterocycles. The second-order valence-corrected chi connectivity index (χ2v) is 10.1. The van der Waals surface area contributed by atoms with Crippen molar-refractivity contribution in [2.75, 3.05) is 40.3 Å². The third kappa shape index (κ3) is 8.88. The van der Waals surface area contributed by atoms with Crippen LogP contribution in [-0.4, -0.2) is 74.0 Å². The molecule has 0 radical (unpaired) electrons. The van der Waals surface area contributed by atoms with E-state index in [0.29, 0.717) is 6.04 Å². The monoisotopic (exact) mass is 561 g/mol. The molecule has 1 aromatic rings. The second kappa shape index (κ2) is 13.6. The lowest BCUT2D eigenvalue weighted by Gasteiger charge is -2.40. The van der Waals surface area contributed by atoms with Crippen molar-refractivity contribution in [3.63, 3.8) is 0 Å². The van der Waals surface area contributed by atoms with Gasteiger partial charge in [-0.05, 0) is 75.4 Å². The highest BCUT2D eigenvalue weighted by molar-refractivity contribution is 14.0. The van der Waals surface area contributed by atoms with Crippen molar-refractivity contribution >= 4 is 47.2 Å². The van der Waals surface area contributed by atoms with Gasteiger partial charge in [0.1, 0.15) is 6.54 Å². The number of nitrogens with one attached hydrogen (secondary N) is 2. The van der Waals surface area contributed by atoms with Gasteiger partial charge >= 0.3 is 0 Å². The maximum Gasteiger partial charge on any atom is 0.243 e. The number of likely N-dealkylation sites (N-methyl/N-ethyl adjacent to an activating group) is 1. The molecule has 8 heteroatoms. The maximum absolute atomic E-state index is 12.0. The Bertz CT molecular complexity index is 666. The predicted molar refractivity (Wildman–Crippen MR) is 142 cm³/mol. The number of hydrogen-bond donors (Lipinski definition) is 2. The van der Waals surface area contributed by atoms with E-state index in [-0.39, 0.29) is 36.4 Å². The number of guanidine groups is 1. The van der Waals surface area contributed by atoms with Crippen LogP contribution in [0.1, 0.15) is 50.3 Å². The second-order valence-electron chi connectivity index (χ2n) is 9.08. The molecule has 1 saturated carbocycles. The molecule has 1 aromatic heterocycles. The van der Waals surface area contributed by atoms with E-state index in [1.807, 2.05) is 0 Å². The molecule has 0 atom stereocenters. The van der Waals surface area contributed by atoms with E-state index >= 15 is 0 Å². The number of carbonyl (C=O) groups excluding carboxylic acids is 1. The number of aliphatic imine (C=N–C) groups is 1. The van der Waals surface area contributed by atoms with Crippen molar-refractivity contribution < 1.29 is 4.79 Å². The lowest BCUT2D eigenvalue weighted by atomic mass is 9.88. The predicted octanol–water partition coefficient (Wildman–Crippen LogP) is 3.58. The number of nitrogens with zero attached hydrogens (tertiary/aromatic N) is 3. The van der Waals surface area contributed by atoms with Crippen molar-refractivity contribution in [1.29, 1.82) is 0 Å². The van der Waals surface area contributed by atoms with E-state index in [1.165, 1.54) is 56.5 Å². The van der Waals surface area contributed by atoms with Crippen LogP contribution in [0.2, 0.25) is 0 Å². The highest BCUT2D eigenvalue weighted by atomic mass is 127. The minimum absolute atomic E-state index is 0. The van der Waals surface area contributed by atoms with Crippen molar-refractivity contribution in [3.05, 3.63) is 22.4 Å². The molecule has 2 N–H and O–H groups in total.